The summed E-state index contributed by atoms with van der Waals surface area (Å²) in [6, 6.07) is 52.2. The summed E-state index contributed by atoms with van der Waals surface area (Å²) in [7, 11) is 3.65. The summed E-state index contributed by atoms with van der Waals surface area (Å²) in [6.45, 7) is 0. The van der Waals surface area contributed by atoms with Crippen molar-refractivity contribution in [1.29, 1.82) is 0 Å². The van der Waals surface area contributed by atoms with Gasteiger partial charge in [-0.2, -0.15) is 0 Å². The molecule has 0 fully saturated rings. The average Bonchev–Trinajstić information content (AvgIpc) is 3.40. The van der Waals surface area contributed by atoms with Crippen LogP contribution in [0.3, 0.4) is 0 Å². The second kappa shape index (κ2) is 11.8. The van der Waals surface area contributed by atoms with E-state index < -0.39 is 0 Å². The van der Waals surface area contributed by atoms with E-state index in [-0.39, 0.29) is 5.69 Å². The van der Waals surface area contributed by atoms with E-state index in [9.17, 15) is 4.79 Å². The lowest BCUT2D eigenvalue weighted by Crippen LogP contribution is -2.19. The topological polar surface area (TPSA) is 65.6 Å². The lowest BCUT2D eigenvalue weighted by molar-refractivity contribution is 0.795. The summed E-state index contributed by atoms with van der Waals surface area (Å²) in [5.41, 5.74) is 9.09. The Morgan fingerprint density at radius 3 is 1.22 bits per heavy atom. The molecule has 0 unspecified atom stereocenters. The molecule has 0 saturated heterocycles. The maximum absolute atomic E-state index is 12.8. The largest absolute Gasteiger partial charge is 0.328 e. The van der Waals surface area contributed by atoms with Crippen molar-refractivity contribution in [1.82, 2.24) is 24.1 Å². The van der Waals surface area contributed by atoms with E-state index in [0.717, 1.165) is 66.0 Å². The Labute approximate surface area is 288 Å². The third-order valence-electron chi connectivity index (χ3n) is 9.62. The minimum Gasteiger partial charge on any atom is -0.295 e. The Morgan fingerprint density at radius 1 is 0.380 bits per heavy atom. The van der Waals surface area contributed by atoms with Gasteiger partial charge in [0.15, 0.2) is 17.5 Å². The Kier molecular flexibility index (Phi) is 6.95. The first kappa shape index (κ1) is 29.5. The van der Waals surface area contributed by atoms with Crippen molar-refractivity contribution in [2.24, 2.45) is 14.1 Å². The minimum absolute atomic E-state index is 0.0320. The molecule has 7 aromatic carbocycles. The first-order valence-electron chi connectivity index (χ1n) is 16.6. The van der Waals surface area contributed by atoms with Crippen LogP contribution in [0.15, 0.2) is 156 Å². The fraction of sp³-hybridized carbons (Fsp3) is 0.0455. The highest BCUT2D eigenvalue weighted by Crippen LogP contribution is 2.44. The van der Waals surface area contributed by atoms with Crippen molar-refractivity contribution in [3.63, 3.8) is 0 Å². The number of aryl methyl sites for hydroxylation is 2. The molecule has 238 valence electrons. The molecule has 6 nitrogen and oxygen atoms in total. The fourth-order valence-corrected chi connectivity index (χ4v) is 7.14. The van der Waals surface area contributed by atoms with Gasteiger partial charge in [0, 0.05) is 30.8 Å². The van der Waals surface area contributed by atoms with Crippen molar-refractivity contribution >= 4 is 32.6 Å². The van der Waals surface area contributed by atoms with Crippen LogP contribution in [0.5, 0.6) is 0 Å². The van der Waals surface area contributed by atoms with Gasteiger partial charge >= 0.3 is 5.69 Å². The lowest BCUT2D eigenvalue weighted by atomic mass is 9.86. The van der Waals surface area contributed by atoms with Gasteiger partial charge in [-0.25, -0.2) is 19.7 Å². The number of fused-ring (bicyclic) bond motifs is 3. The number of hydrogen-bond donors (Lipinski definition) is 0. The van der Waals surface area contributed by atoms with Crippen LogP contribution in [0.25, 0.3) is 89.0 Å². The summed E-state index contributed by atoms with van der Waals surface area (Å²) < 4.78 is 3.42. The van der Waals surface area contributed by atoms with E-state index >= 15 is 0 Å². The molecule has 0 radical (unpaired) electrons. The number of benzene rings is 7. The van der Waals surface area contributed by atoms with Gasteiger partial charge in [0.2, 0.25) is 0 Å². The summed E-state index contributed by atoms with van der Waals surface area (Å²) in [5, 5.41) is 4.63. The van der Waals surface area contributed by atoms with Crippen LogP contribution in [0.4, 0.5) is 0 Å². The molecule has 9 rings (SSSR count). The molecular weight excluding hydrogens is 615 g/mol. The van der Waals surface area contributed by atoms with Crippen LogP contribution in [0.1, 0.15) is 0 Å². The zero-order valence-corrected chi connectivity index (χ0v) is 27.6. The summed E-state index contributed by atoms with van der Waals surface area (Å²) in [4.78, 5) is 27.5. The Bertz CT molecular complexity index is 2670. The molecule has 9 aromatic rings. The number of imidazole rings is 1. The molecule has 0 aliphatic carbocycles. The molecule has 0 amide bonds. The number of aromatic nitrogens is 5. The standard InChI is InChI=1S/C44H31N5O/c1-48-37-26-25-32(27-38(37)49(2)44(48)50)40-35-19-11-9-17-33(35)39(34-18-10-12-20-36(34)40)28-21-23-31(24-22-28)43-46-41(29-13-5-3-6-14-29)45-42(47-43)30-15-7-4-8-16-30/h3-27H,1-2H3. The van der Waals surface area contributed by atoms with Gasteiger partial charge in [-0.1, -0.05) is 140 Å². The molecule has 0 atom stereocenters. The second-order valence-corrected chi connectivity index (χ2v) is 12.6. The van der Waals surface area contributed by atoms with Crippen LogP contribution in [-0.4, -0.2) is 24.1 Å². The van der Waals surface area contributed by atoms with E-state index in [1.165, 1.54) is 5.56 Å². The molecular formula is C44H31N5O. The summed E-state index contributed by atoms with van der Waals surface area (Å²) >= 11 is 0. The number of nitrogens with zero attached hydrogens (tertiary/aromatic N) is 5. The molecule has 6 heteroatoms. The molecule has 2 heterocycles. The predicted octanol–water partition coefficient (Wildman–Crippen LogP) is 9.70. The summed E-state index contributed by atoms with van der Waals surface area (Å²) in [6.07, 6.45) is 0. The van der Waals surface area contributed by atoms with Crippen LogP contribution in [0, 0.1) is 0 Å². The highest BCUT2D eigenvalue weighted by atomic mass is 16.1. The first-order valence-corrected chi connectivity index (χ1v) is 16.6. The number of hydrogen-bond acceptors (Lipinski definition) is 4. The van der Waals surface area contributed by atoms with Crippen LogP contribution in [0.2, 0.25) is 0 Å². The van der Waals surface area contributed by atoms with E-state index in [1.54, 1.807) is 9.13 Å². The van der Waals surface area contributed by atoms with Gasteiger partial charge in [-0.15, -0.1) is 0 Å². The normalized spacial score (nSPS) is 11.5. The maximum atomic E-state index is 12.8. The van der Waals surface area contributed by atoms with Gasteiger partial charge in [0.05, 0.1) is 11.0 Å². The van der Waals surface area contributed by atoms with Crippen molar-refractivity contribution in [3.05, 3.63) is 162 Å². The lowest BCUT2D eigenvalue weighted by Gasteiger charge is -2.18. The number of rotatable bonds is 5. The van der Waals surface area contributed by atoms with Crippen molar-refractivity contribution in [3.8, 4) is 56.4 Å². The quantitative estimate of drug-likeness (QED) is 0.175. The second-order valence-electron chi connectivity index (χ2n) is 12.6. The van der Waals surface area contributed by atoms with Gasteiger partial charge in [-0.3, -0.25) is 9.13 Å². The van der Waals surface area contributed by atoms with Gasteiger partial charge in [0.25, 0.3) is 0 Å². The fourth-order valence-electron chi connectivity index (χ4n) is 7.14. The third-order valence-corrected chi connectivity index (χ3v) is 9.62. The summed E-state index contributed by atoms with van der Waals surface area (Å²) in [5.74, 6) is 1.90. The van der Waals surface area contributed by atoms with Gasteiger partial charge in [0.1, 0.15) is 0 Å². The van der Waals surface area contributed by atoms with E-state index in [0.29, 0.717) is 17.5 Å². The monoisotopic (exact) mass is 645 g/mol. The maximum Gasteiger partial charge on any atom is 0.328 e. The third kappa shape index (κ3) is 4.80. The molecule has 0 N–H and O–H groups in total. The molecule has 0 aliphatic rings. The Morgan fingerprint density at radius 2 is 0.740 bits per heavy atom. The van der Waals surface area contributed by atoms with E-state index in [1.807, 2.05) is 74.8 Å². The predicted molar refractivity (Wildman–Crippen MR) is 204 cm³/mol. The Hall–Kier alpha value is -6.66. The van der Waals surface area contributed by atoms with Crippen LogP contribution < -0.4 is 5.69 Å². The molecule has 50 heavy (non-hydrogen) atoms. The van der Waals surface area contributed by atoms with Crippen LogP contribution >= 0.6 is 0 Å². The van der Waals surface area contributed by atoms with Crippen molar-refractivity contribution < 1.29 is 0 Å². The smallest absolute Gasteiger partial charge is 0.295 e. The molecule has 2 aromatic heterocycles. The van der Waals surface area contributed by atoms with E-state index in [2.05, 4.69) is 91.0 Å². The van der Waals surface area contributed by atoms with E-state index in [4.69, 9.17) is 15.0 Å². The molecule has 0 bridgehead atoms. The molecule has 0 spiro atoms. The Balaban J connectivity index is 1.21. The minimum atomic E-state index is -0.0320. The first-order chi connectivity index (χ1) is 24.5. The zero-order valence-electron chi connectivity index (χ0n) is 27.6. The molecule has 0 aliphatic heterocycles. The van der Waals surface area contributed by atoms with Crippen molar-refractivity contribution in [2.75, 3.05) is 0 Å². The van der Waals surface area contributed by atoms with Gasteiger partial charge in [-0.05, 0) is 55.9 Å². The highest BCUT2D eigenvalue weighted by Gasteiger charge is 2.19. The SMILES string of the molecule is Cn1c(=O)n(C)c2cc(-c3c4ccccc4c(-c4ccc(-c5nc(-c6ccccc6)nc(-c6ccccc6)n5)cc4)c4ccccc34)ccc21. The highest BCUT2D eigenvalue weighted by molar-refractivity contribution is 6.21. The van der Waals surface area contributed by atoms with Gasteiger partial charge < -0.3 is 0 Å². The zero-order chi connectivity index (χ0) is 33.8. The van der Waals surface area contributed by atoms with Crippen LogP contribution in [-0.2, 0) is 14.1 Å². The molecule has 0 saturated carbocycles. The van der Waals surface area contributed by atoms with Crippen molar-refractivity contribution in [2.45, 2.75) is 0 Å². The average molecular weight is 646 g/mol.